The highest BCUT2D eigenvalue weighted by Gasteiger charge is 2.27. The van der Waals surface area contributed by atoms with Crippen molar-refractivity contribution < 1.29 is 4.79 Å². The third-order valence-corrected chi connectivity index (χ3v) is 6.18. The number of fused-ring (bicyclic) bond motifs is 1. The van der Waals surface area contributed by atoms with Crippen molar-refractivity contribution in [2.24, 2.45) is 5.92 Å². The van der Waals surface area contributed by atoms with Gasteiger partial charge in [0.05, 0.1) is 5.92 Å². The molecule has 1 N–H and O–H groups in total. The Bertz CT molecular complexity index is 920. The van der Waals surface area contributed by atoms with Gasteiger partial charge in [0.25, 0.3) is 0 Å². The van der Waals surface area contributed by atoms with E-state index in [0.29, 0.717) is 13.1 Å². The standard InChI is InChI=1S/C21H25N5OS/c1-25(2)17-9-7-15(8-10-17)13-23-19(27)16-5-4-12-26(14-16)21-24-18-6-3-11-22-20(18)28-21/h3,6-11,16H,4-5,12-14H2,1-2H3,(H,23,27)/t16-/m0/s1. The van der Waals surface area contributed by atoms with Gasteiger partial charge in [-0.1, -0.05) is 23.5 Å². The van der Waals surface area contributed by atoms with E-state index in [1.807, 2.05) is 26.2 Å². The van der Waals surface area contributed by atoms with Crippen molar-refractivity contribution in [2.45, 2.75) is 19.4 Å². The molecule has 1 fully saturated rings. The lowest BCUT2D eigenvalue weighted by Gasteiger charge is -2.31. The first-order chi connectivity index (χ1) is 13.6. The van der Waals surface area contributed by atoms with Crippen LogP contribution in [0.4, 0.5) is 10.8 Å². The van der Waals surface area contributed by atoms with Crippen molar-refractivity contribution in [2.75, 3.05) is 37.0 Å². The molecule has 0 spiro atoms. The maximum absolute atomic E-state index is 12.7. The largest absolute Gasteiger partial charge is 0.378 e. The molecule has 1 saturated heterocycles. The third-order valence-electron chi connectivity index (χ3n) is 5.14. The molecule has 1 aliphatic heterocycles. The molecule has 1 amide bonds. The minimum atomic E-state index is -0.00484. The average Bonchev–Trinajstić information content (AvgIpc) is 3.17. The van der Waals surface area contributed by atoms with E-state index in [-0.39, 0.29) is 11.8 Å². The Morgan fingerprint density at radius 2 is 2.11 bits per heavy atom. The second-order valence-electron chi connectivity index (χ2n) is 7.39. The third kappa shape index (κ3) is 4.09. The molecule has 3 heterocycles. The lowest BCUT2D eigenvalue weighted by Crippen LogP contribution is -2.42. The quantitative estimate of drug-likeness (QED) is 0.718. The van der Waals surface area contributed by atoms with Crippen LogP contribution in [0.3, 0.4) is 0 Å². The average molecular weight is 396 g/mol. The van der Waals surface area contributed by atoms with Crippen LogP contribution in [-0.4, -0.2) is 43.1 Å². The molecule has 1 atom stereocenters. The summed E-state index contributed by atoms with van der Waals surface area (Å²) in [7, 11) is 4.04. The van der Waals surface area contributed by atoms with E-state index < -0.39 is 0 Å². The number of hydrogen-bond acceptors (Lipinski definition) is 6. The fraction of sp³-hybridized carbons (Fsp3) is 0.381. The molecular weight excluding hydrogens is 370 g/mol. The van der Waals surface area contributed by atoms with Gasteiger partial charge in [0, 0.05) is 45.6 Å². The van der Waals surface area contributed by atoms with Gasteiger partial charge in [-0.25, -0.2) is 9.97 Å². The van der Waals surface area contributed by atoms with Crippen molar-refractivity contribution in [3.8, 4) is 0 Å². The summed E-state index contributed by atoms with van der Waals surface area (Å²) in [6.07, 6.45) is 3.71. The maximum Gasteiger partial charge on any atom is 0.225 e. The SMILES string of the molecule is CN(C)c1ccc(CNC(=O)[C@H]2CCCN(c3nc4cccnc4s3)C2)cc1. The summed E-state index contributed by atoms with van der Waals surface area (Å²) < 4.78 is 0. The monoisotopic (exact) mass is 395 g/mol. The highest BCUT2D eigenvalue weighted by atomic mass is 32.1. The molecule has 28 heavy (non-hydrogen) atoms. The predicted molar refractivity (Wildman–Crippen MR) is 115 cm³/mol. The van der Waals surface area contributed by atoms with Gasteiger partial charge in [-0.05, 0) is 42.7 Å². The van der Waals surface area contributed by atoms with Gasteiger partial charge in [-0.15, -0.1) is 0 Å². The summed E-state index contributed by atoms with van der Waals surface area (Å²) in [5.74, 6) is 0.121. The summed E-state index contributed by atoms with van der Waals surface area (Å²) in [6, 6.07) is 12.2. The number of nitrogens with one attached hydrogen (secondary N) is 1. The molecular formula is C21H25N5OS. The molecule has 146 valence electrons. The summed E-state index contributed by atoms with van der Waals surface area (Å²) in [4.78, 5) is 27.0. The summed E-state index contributed by atoms with van der Waals surface area (Å²) >= 11 is 1.60. The van der Waals surface area contributed by atoms with E-state index in [2.05, 4.69) is 44.4 Å². The fourth-order valence-corrected chi connectivity index (χ4v) is 4.45. The van der Waals surface area contributed by atoms with E-state index in [1.165, 1.54) is 0 Å². The lowest BCUT2D eigenvalue weighted by atomic mass is 9.97. The topological polar surface area (TPSA) is 61.4 Å². The van der Waals surface area contributed by atoms with Crippen molar-refractivity contribution in [3.05, 3.63) is 48.2 Å². The van der Waals surface area contributed by atoms with Gasteiger partial charge in [0.15, 0.2) is 5.13 Å². The number of carbonyl (C=O) groups excluding carboxylic acids is 1. The minimum Gasteiger partial charge on any atom is -0.378 e. The van der Waals surface area contributed by atoms with Crippen LogP contribution in [0.5, 0.6) is 0 Å². The first-order valence-corrected chi connectivity index (χ1v) is 10.4. The van der Waals surface area contributed by atoms with E-state index >= 15 is 0 Å². The van der Waals surface area contributed by atoms with E-state index in [4.69, 9.17) is 4.98 Å². The zero-order valence-electron chi connectivity index (χ0n) is 16.3. The molecule has 4 rings (SSSR count). The van der Waals surface area contributed by atoms with Crippen LogP contribution in [0.25, 0.3) is 10.3 Å². The van der Waals surface area contributed by atoms with Crippen LogP contribution < -0.4 is 15.1 Å². The molecule has 2 aromatic heterocycles. The van der Waals surface area contributed by atoms with Crippen LogP contribution in [0.2, 0.25) is 0 Å². The Morgan fingerprint density at radius 1 is 1.29 bits per heavy atom. The van der Waals surface area contributed by atoms with Crippen LogP contribution in [0.15, 0.2) is 42.6 Å². The van der Waals surface area contributed by atoms with Crippen LogP contribution in [-0.2, 0) is 11.3 Å². The number of piperidine rings is 1. The molecule has 1 aromatic carbocycles. The molecule has 6 nitrogen and oxygen atoms in total. The Hall–Kier alpha value is -2.67. The summed E-state index contributed by atoms with van der Waals surface area (Å²) in [5, 5.41) is 4.07. The van der Waals surface area contributed by atoms with Crippen molar-refractivity contribution in [1.29, 1.82) is 0 Å². The molecule has 0 aliphatic carbocycles. The van der Waals surface area contributed by atoms with Crippen molar-refractivity contribution in [3.63, 3.8) is 0 Å². The van der Waals surface area contributed by atoms with Crippen LogP contribution in [0, 0.1) is 5.92 Å². The van der Waals surface area contributed by atoms with Gasteiger partial charge >= 0.3 is 0 Å². The first-order valence-electron chi connectivity index (χ1n) is 9.60. The normalized spacial score (nSPS) is 16.9. The molecule has 0 radical (unpaired) electrons. The highest BCUT2D eigenvalue weighted by molar-refractivity contribution is 7.21. The number of amides is 1. The zero-order chi connectivity index (χ0) is 19.5. The number of aromatic nitrogens is 2. The van der Waals surface area contributed by atoms with E-state index in [1.54, 1.807) is 17.5 Å². The lowest BCUT2D eigenvalue weighted by molar-refractivity contribution is -0.125. The van der Waals surface area contributed by atoms with Gasteiger partial charge in [-0.2, -0.15) is 0 Å². The van der Waals surface area contributed by atoms with Gasteiger partial charge < -0.3 is 15.1 Å². The number of pyridine rings is 1. The van der Waals surface area contributed by atoms with Crippen LogP contribution in [0.1, 0.15) is 18.4 Å². The Balaban J connectivity index is 1.36. The van der Waals surface area contributed by atoms with Crippen molar-refractivity contribution in [1.82, 2.24) is 15.3 Å². The molecule has 1 aliphatic rings. The first kappa shape index (κ1) is 18.7. The summed E-state index contributed by atoms with van der Waals surface area (Å²) in [6.45, 7) is 2.22. The number of thiazole rings is 1. The molecule has 0 bridgehead atoms. The van der Waals surface area contributed by atoms with Crippen molar-refractivity contribution >= 4 is 38.4 Å². The van der Waals surface area contributed by atoms with Gasteiger partial charge in [0.2, 0.25) is 5.91 Å². The number of carbonyl (C=O) groups is 1. The van der Waals surface area contributed by atoms with Gasteiger partial charge in [0.1, 0.15) is 10.3 Å². The predicted octanol–water partition coefficient (Wildman–Crippen LogP) is 3.29. The van der Waals surface area contributed by atoms with Crippen LogP contribution >= 0.6 is 11.3 Å². The summed E-state index contributed by atoms with van der Waals surface area (Å²) in [5.41, 5.74) is 3.20. The number of hydrogen-bond donors (Lipinski definition) is 1. The van der Waals surface area contributed by atoms with E-state index in [9.17, 15) is 4.79 Å². The molecule has 7 heteroatoms. The maximum atomic E-state index is 12.7. The Morgan fingerprint density at radius 3 is 2.86 bits per heavy atom. The molecule has 0 unspecified atom stereocenters. The number of benzene rings is 1. The fourth-order valence-electron chi connectivity index (χ4n) is 3.50. The highest BCUT2D eigenvalue weighted by Crippen LogP contribution is 2.30. The molecule has 3 aromatic rings. The zero-order valence-corrected chi connectivity index (χ0v) is 17.1. The Labute approximate surface area is 169 Å². The number of nitrogens with zero attached hydrogens (tertiary/aromatic N) is 4. The Kier molecular flexibility index (Phi) is 5.43. The molecule has 0 saturated carbocycles. The number of rotatable bonds is 5. The van der Waals surface area contributed by atoms with E-state index in [0.717, 1.165) is 46.1 Å². The van der Waals surface area contributed by atoms with Gasteiger partial charge in [-0.3, -0.25) is 4.79 Å². The second-order valence-corrected chi connectivity index (χ2v) is 8.34. The smallest absolute Gasteiger partial charge is 0.225 e. The second kappa shape index (κ2) is 8.14. The number of anilines is 2. The minimum absolute atomic E-state index is 0.00484.